The Kier molecular flexibility index (Phi) is 9.63. The number of unbranched alkanes of at least 4 members (excludes halogenated alkanes) is 1. The maximum atomic E-state index is 12.6. The molecule has 4 rings (SSSR count). The van der Waals surface area contributed by atoms with Crippen molar-refractivity contribution in [3.63, 3.8) is 0 Å². The lowest BCUT2D eigenvalue weighted by atomic mass is 9.42. The lowest BCUT2D eigenvalue weighted by Crippen LogP contribution is -2.71. The average molecular weight is 533 g/mol. The van der Waals surface area contributed by atoms with Crippen LogP contribution < -0.4 is 11.1 Å². The van der Waals surface area contributed by atoms with Crippen LogP contribution in [-0.4, -0.2) is 41.9 Å². The molecular formula is C33H60N2O3. The smallest absolute Gasteiger partial charge is 0.302 e. The van der Waals surface area contributed by atoms with Gasteiger partial charge in [-0.1, -0.05) is 53.9 Å². The van der Waals surface area contributed by atoms with Crippen molar-refractivity contribution in [2.75, 3.05) is 13.1 Å². The van der Waals surface area contributed by atoms with E-state index in [9.17, 15) is 9.90 Å². The Bertz CT molecular complexity index is 803. The number of aliphatic hydroxyl groups is 1. The first kappa shape index (κ1) is 30.3. The molecule has 0 aromatic heterocycles. The molecule has 220 valence electrons. The average Bonchev–Trinajstić information content (AvgIpc) is 3.20. The molecule has 0 aromatic carbocycles. The van der Waals surface area contributed by atoms with Crippen molar-refractivity contribution in [3.8, 4) is 0 Å². The van der Waals surface area contributed by atoms with Gasteiger partial charge in [0.25, 0.3) is 0 Å². The number of carbonyl (C=O) groups excluding carboxylic acids is 1. The van der Waals surface area contributed by atoms with Crippen molar-refractivity contribution in [2.24, 2.45) is 52.1 Å². The summed E-state index contributed by atoms with van der Waals surface area (Å²) in [5, 5.41) is 16.4. The maximum absolute atomic E-state index is 12.6. The number of hydrogen-bond donors (Lipinski definition) is 3. The number of rotatable bonds is 11. The van der Waals surface area contributed by atoms with Crippen molar-refractivity contribution < 1.29 is 14.6 Å². The van der Waals surface area contributed by atoms with E-state index >= 15 is 0 Å². The summed E-state index contributed by atoms with van der Waals surface area (Å²) < 4.78 is 5.71. The zero-order chi connectivity index (χ0) is 27.7. The molecule has 0 saturated heterocycles. The van der Waals surface area contributed by atoms with Gasteiger partial charge in [0.15, 0.2) is 0 Å². The number of nitrogens with one attached hydrogen (secondary N) is 1. The maximum Gasteiger partial charge on any atom is 0.302 e. The second-order valence-corrected chi connectivity index (χ2v) is 15.0. The highest BCUT2D eigenvalue weighted by Crippen LogP contribution is 2.69. The zero-order valence-electron chi connectivity index (χ0n) is 25.6. The SMILES string of the molecule is CC(=O)O[C@H]1CC[C@]2(C)[C@H]3CC[C@]4(C)[C@@H]([C@H](C)CCCC(C)C)CC[C@H]4C3C[C@@H](NCCCCN)[C@@]2(O)C1. The van der Waals surface area contributed by atoms with E-state index in [-0.39, 0.29) is 23.5 Å². The van der Waals surface area contributed by atoms with Crippen LogP contribution >= 0.6 is 0 Å². The van der Waals surface area contributed by atoms with E-state index in [1.54, 1.807) is 0 Å². The Morgan fingerprint density at radius 2 is 1.79 bits per heavy atom. The van der Waals surface area contributed by atoms with Crippen LogP contribution in [0, 0.1) is 46.3 Å². The summed E-state index contributed by atoms with van der Waals surface area (Å²) in [4.78, 5) is 11.8. The minimum Gasteiger partial charge on any atom is -0.462 e. The Morgan fingerprint density at radius 1 is 1.03 bits per heavy atom. The molecule has 1 unspecified atom stereocenters. The zero-order valence-corrected chi connectivity index (χ0v) is 25.6. The first-order chi connectivity index (χ1) is 18.0. The van der Waals surface area contributed by atoms with Gasteiger partial charge >= 0.3 is 5.97 Å². The highest BCUT2D eigenvalue weighted by atomic mass is 16.5. The van der Waals surface area contributed by atoms with Crippen LogP contribution in [0.5, 0.6) is 0 Å². The van der Waals surface area contributed by atoms with E-state index in [2.05, 4.69) is 39.9 Å². The topological polar surface area (TPSA) is 84.6 Å². The fourth-order valence-corrected chi connectivity index (χ4v) is 10.4. The molecule has 0 aromatic rings. The van der Waals surface area contributed by atoms with Gasteiger partial charge in [-0.2, -0.15) is 0 Å². The van der Waals surface area contributed by atoms with Gasteiger partial charge in [-0.15, -0.1) is 0 Å². The second kappa shape index (κ2) is 12.1. The first-order valence-corrected chi connectivity index (χ1v) is 16.3. The quantitative estimate of drug-likeness (QED) is 0.210. The number of nitrogens with two attached hydrogens (primary N) is 1. The van der Waals surface area contributed by atoms with Crippen molar-refractivity contribution in [3.05, 3.63) is 0 Å². The summed E-state index contributed by atoms with van der Waals surface area (Å²) >= 11 is 0. The number of fused-ring (bicyclic) bond motifs is 5. The van der Waals surface area contributed by atoms with Gasteiger partial charge in [-0.3, -0.25) is 4.79 Å². The van der Waals surface area contributed by atoms with Gasteiger partial charge in [0.1, 0.15) is 6.10 Å². The first-order valence-electron chi connectivity index (χ1n) is 16.3. The number of carbonyl (C=O) groups is 1. The number of esters is 1. The van der Waals surface area contributed by atoms with Crippen LogP contribution in [0.25, 0.3) is 0 Å². The normalized spacial score (nSPS) is 43.3. The molecule has 0 radical (unpaired) electrons. The molecule has 0 aliphatic heterocycles. The molecule has 0 heterocycles. The molecule has 0 amide bonds. The fourth-order valence-electron chi connectivity index (χ4n) is 10.4. The fraction of sp³-hybridized carbons (Fsp3) is 0.970. The van der Waals surface area contributed by atoms with Crippen molar-refractivity contribution in [2.45, 2.75) is 143 Å². The minimum absolute atomic E-state index is 0.0507. The van der Waals surface area contributed by atoms with E-state index in [1.807, 2.05) is 0 Å². The van der Waals surface area contributed by atoms with Crippen LogP contribution in [0.15, 0.2) is 0 Å². The van der Waals surface area contributed by atoms with Gasteiger partial charge in [0, 0.05) is 24.8 Å². The summed E-state index contributed by atoms with van der Waals surface area (Å²) in [6, 6.07) is 0.0507. The van der Waals surface area contributed by atoms with E-state index < -0.39 is 5.60 Å². The van der Waals surface area contributed by atoms with Crippen LogP contribution in [0.4, 0.5) is 0 Å². The third-order valence-electron chi connectivity index (χ3n) is 12.4. The lowest BCUT2D eigenvalue weighted by Gasteiger charge is -2.66. The molecule has 4 aliphatic carbocycles. The Morgan fingerprint density at radius 3 is 2.47 bits per heavy atom. The van der Waals surface area contributed by atoms with Crippen LogP contribution in [0.1, 0.15) is 125 Å². The molecule has 4 N–H and O–H groups in total. The lowest BCUT2D eigenvalue weighted by molar-refractivity contribution is -0.237. The predicted molar refractivity (Wildman–Crippen MR) is 156 cm³/mol. The van der Waals surface area contributed by atoms with Gasteiger partial charge in [0.05, 0.1) is 5.60 Å². The van der Waals surface area contributed by atoms with Gasteiger partial charge in [0.2, 0.25) is 0 Å². The van der Waals surface area contributed by atoms with Crippen molar-refractivity contribution in [1.29, 1.82) is 0 Å². The number of ether oxygens (including phenoxy) is 1. The summed E-state index contributed by atoms with van der Waals surface area (Å²) in [6.07, 6.45) is 14.7. The number of hydrogen-bond acceptors (Lipinski definition) is 5. The van der Waals surface area contributed by atoms with Crippen LogP contribution in [0.3, 0.4) is 0 Å². The third kappa shape index (κ3) is 5.59. The summed E-state index contributed by atoms with van der Waals surface area (Å²) in [5.74, 6) is 4.21. The Balaban J connectivity index is 1.56. The van der Waals surface area contributed by atoms with Crippen LogP contribution in [0.2, 0.25) is 0 Å². The third-order valence-corrected chi connectivity index (χ3v) is 12.4. The molecule has 10 atom stereocenters. The molecule has 4 saturated carbocycles. The highest BCUT2D eigenvalue weighted by Gasteiger charge is 2.67. The summed E-state index contributed by atoms with van der Waals surface area (Å²) in [5.41, 5.74) is 5.24. The Labute approximate surface area is 233 Å². The Hall–Kier alpha value is -0.650. The van der Waals surface area contributed by atoms with E-state index in [4.69, 9.17) is 10.5 Å². The molecule has 5 nitrogen and oxygen atoms in total. The molecular weight excluding hydrogens is 472 g/mol. The molecule has 0 bridgehead atoms. The summed E-state index contributed by atoms with van der Waals surface area (Å²) in [7, 11) is 0. The molecule has 0 spiro atoms. The van der Waals surface area contributed by atoms with Crippen LogP contribution in [-0.2, 0) is 9.53 Å². The minimum atomic E-state index is -0.842. The van der Waals surface area contributed by atoms with Gasteiger partial charge in [-0.25, -0.2) is 0 Å². The van der Waals surface area contributed by atoms with E-state index in [0.29, 0.717) is 30.2 Å². The van der Waals surface area contributed by atoms with E-state index in [1.165, 1.54) is 51.9 Å². The standard InChI is InChI=1S/C33H60N2O3/c1-22(2)10-9-11-23(3)27-12-13-28-26-20-30(35-19-8-7-18-34)33(37)21-25(38-24(4)36)14-17-32(33,6)29(26)15-16-31(27,28)5/h22-23,25-30,35,37H,7-21,34H2,1-6H3/t23-,25+,26?,27-,28+,29+,30-,31-,32-,33+/m1/s1. The van der Waals surface area contributed by atoms with Gasteiger partial charge in [-0.05, 0) is 112 Å². The van der Waals surface area contributed by atoms with E-state index in [0.717, 1.165) is 62.3 Å². The highest BCUT2D eigenvalue weighted by molar-refractivity contribution is 5.66. The molecule has 5 heteroatoms. The molecule has 4 fully saturated rings. The largest absolute Gasteiger partial charge is 0.462 e. The second-order valence-electron chi connectivity index (χ2n) is 15.0. The van der Waals surface area contributed by atoms with Crippen molar-refractivity contribution >= 4 is 5.97 Å². The monoisotopic (exact) mass is 532 g/mol. The van der Waals surface area contributed by atoms with Crippen molar-refractivity contribution in [1.82, 2.24) is 5.32 Å². The summed E-state index contributed by atoms with van der Waals surface area (Å²) in [6.45, 7) is 15.4. The molecule has 38 heavy (non-hydrogen) atoms. The molecule has 4 aliphatic rings. The van der Waals surface area contributed by atoms with Gasteiger partial charge < -0.3 is 20.9 Å². The predicted octanol–water partition coefficient (Wildman–Crippen LogP) is 6.46.